The number of nitrogens with two attached hydrogens (primary N) is 1. The lowest BCUT2D eigenvalue weighted by molar-refractivity contribution is -0.134. The van der Waals surface area contributed by atoms with E-state index in [1.54, 1.807) is 17.2 Å². The van der Waals surface area contributed by atoms with E-state index in [1.165, 1.54) is 0 Å². The molecular formula is C24H33N7O3. The molecule has 5 rings (SSSR count). The van der Waals surface area contributed by atoms with Crippen molar-refractivity contribution in [2.45, 2.75) is 63.2 Å². The van der Waals surface area contributed by atoms with Gasteiger partial charge < -0.3 is 25.0 Å². The lowest BCUT2D eigenvalue weighted by atomic mass is 9.86. The van der Waals surface area contributed by atoms with Gasteiger partial charge in [-0.3, -0.25) is 4.79 Å². The summed E-state index contributed by atoms with van der Waals surface area (Å²) in [4.78, 5) is 34.6. The molecular weight excluding hydrogens is 434 g/mol. The van der Waals surface area contributed by atoms with Crippen molar-refractivity contribution in [2.24, 2.45) is 5.92 Å². The van der Waals surface area contributed by atoms with Crippen LogP contribution in [-0.2, 0) is 9.53 Å². The first kappa shape index (κ1) is 22.8. The molecule has 0 aromatic carbocycles. The highest BCUT2D eigenvalue weighted by Crippen LogP contribution is 2.34. The second-order valence-corrected chi connectivity index (χ2v) is 9.64. The first-order valence-electron chi connectivity index (χ1n) is 12.2. The van der Waals surface area contributed by atoms with Crippen LogP contribution in [-0.4, -0.2) is 76.2 Å². The summed E-state index contributed by atoms with van der Waals surface area (Å²) in [5, 5.41) is 0. The van der Waals surface area contributed by atoms with Gasteiger partial charge in [0.1, 0.15) is 11.9 Å². The maximum atomic E-state index is 12.3. The van der Waals surface area contributed by atoms with E-state index in [4.69, 9.17) is 25.2 Å². The summed E-state index contributed by atoms with van der Waals surface area (Å²) in [6.45, 7) is 1.40. The minimum atomic E-state index is -0.0252. The van der Waals surface area contributed by atoms with E-state index in [2.05, 4.69) is 14.9 Å². The summed E-state index contributed by atoms with van der Waals surface area (Å²) < 4.78 is 12.3. The fourth-order valence-corrected chi connectivity index (χ4v) is 5.31. The predicted molar refractivity (Wildman–Crippen MR) is 127 cm³/mol. The van der Waals surface area contributed by atoms with Gasteiger partial charge in [-0.25, -0.2) is 4.98 Å². The van der Waals surface area contributed by atoms with Crippen LogP contribution in [0.4, 0.5) is 11.8 Å². The van der Waals surface area contributed by atoms with Crippen molar-refractivity contribution in [3.63, 3.8) is 0 Å². The van der Waals surface area contributed by atoms with Crippen LogP contribution in [0.3, 0.4) is 0 Å². The topological polar surface area (TPSA) is 120 Å². The number of anilines is 2. The van der Waals surface area contributed by atoms with E-state index < -0.39 is 0 Å². The monoisotopic (exact) mass is 467 g/mol. The number of nitrogens with zero attached hydrogens (tertiary/aromatic N) is 6. The minimum Gasteiger partial charge on any atom is -0.460 e. The summed E-state index contributed by atoms with van der Waals surface area (Å²) >= 11 is 0. The van der Waals surface area contributed by atoms with Gasteiger partial charge in [0.2, 0.25) is 11.9 Å². The standard InChI is InChI=1S/C24H33N7O3/c1-30(2)22(32)15-6-9-17(10-7-15)34-24-28-21(16-8-11-20(25)26-14-16)27-23(29-24)31-12-13-33-19-5-3-4-18(19)31/h8,11,14-15,17-19H,3-7,9-10,12-13H2,1-2H3,(H2,25,26)/t15?,17?,18-,19-/m1/s1. The second-order valence-electron chi connectivity index (χ2n) is 9.64. The molecule has 2 saturated carbocycles. The fourth-order valence-electron chi connectivity index (χ4n) is 5.31. The van der Waals surface area contributed by atoms with Crippen molar-refractivity contribution in [1.82, 2.24) is 24.8 Å². The van der Waals surface area contributed by atoms with Crippen molar-refractivity contribution < 1.29 is 14.3 Å². The van der Waals surface area contributed by atoms with Crippen LogP contribution in [0.15, 0.2) is 18.3 Å². The van der Waals surface area contributed by atoms with E-state index in [1.807, 2.05) is 20.2 Å². The molecule has 182 valence electrons. The molecule has 10 nitrogen and oxygen atoms in total. The summed E-state index contributed by atoms with van der Waals surface area (Å²) in [5.41, 5.74) is 6.54. The number of aromatic nitrogens is 4. The van der Waals surface area contributed by atoms with Gasteiger partial charge in [-0.05, 0) is 57.1 Å². The first-order valence-corrected chi connectivity index (χ1v) is 12.2. The molecule has 1 amide bonds. The molecule has 10 heteroatoms. The number of ether oxygens (including phenoxy) is 2. The van der Waals surface area contributed by atoms with Crippen LogP contribution in [0.1, 0.15) is 44.9 Å². The van der Waals surface area contributed by atoms with Crippen LogP contribution in [0.5, 0.6) is 6.01 Å². The molecule has 2 atom stereocenters. The molecule has 2 N–H and O–H groups in total. The number of pyridine rings is 1. The zero-order valence-electron chi connectivity index (χ0n) is 19.9. The molecule has 0 bridgehead atoms. The summed E-state index contributed by atoms with van der Waals surface area (Å²) in [6.07, 6.45) is 8.36. The quantitative estimate of drug-likeness (QED) is 0.706. The van der Waals surface area contributed by atoms with Gasteiger partial charge >= 0.3 is 6.01 Å². The van der Waals surface area contributed by atoms with Crippen LogP contribution < -0.4 is 15.4 Å². The van der Waals surface area contributed by atoms with E-state index in [9.17, 15) is 4.79 Å². The SMILES string of the molecule is CN(C)C(=O)C1CCC(Oc2nc(-c3ccc(N)nc3)nc(N3CCO[C@@H]4CCC[C@H]43)n2)CC1. The Labute approximate surface area is 199 Å². The largest absolute Gasteiger partial charge is 0.460 e. The van der Waals surface area contributed by atoms with Crippen molar-refractivity contribution in [3.05, 3.63) is 18.3 Å². The number of carbonyl (C=O) groups is 1. The zero-order valence-corrected chi connectivity index (χ0v) is 19.9. The lowest BCUT2D eigenvalue weighted by Gasteiger charge is -2.37. The van der Waals surface area contributed by atoms with Gasteiger partial charge in [0.25, 0.3) is 0 Å². The Balaban J connectivity index is 1.39. The maximum Gasteiger partial charge on any atom is 0.322 e. The van der Waals surface area contributed by atoms with Crippen molar-refractivity contribution in [3.8, 4) is 17.4 Å². The molecule has 2 aromatic rings. The maximum absolute atomic E-state index is 12.3. The second kappa shape index (κ2) is 9.69. The summed E-state index contributed by atoms with van der Waals surface area (Å²) in [5.74, 6) is 1.84. The molecule has 3 fully saturated rings. The molecule has 3 heterocycles. The molecule has 0 radical (unpaired) electrons. The van der Waals surface area contributed by atoms with E-state index in [-0.39, 0.29) is 30.1 Å². The molecule has 34 heavy (non-hydrogen) atoms. The van der Waals surface area contributed by atoms with Gasteiger partial charge in [-0.2, -0.15) is 15.0 Å². The molecule has 1 saturated heterocycles. The Hall–Kier alpha value is -3.01. The molecule has 3 aliphatic rings. The zero-order chi connectivity index (χ0) is 23.7. The van der Waals surface area contributed by atoms with Gasteiger partial charge in [0.05, 0.1) is 18.8 Å². The highest BCUT2D eigenvalue weighted by atomic mass is 16.5. The van der Waals surface area contributed by atoms with Crippen LogP contribution in [0, 0.1) is 5.92 Å². The molecule has 2 aliphatic carbocycles. The Morgan fingerprint density at radius 3 is 2.68 bits per heavy atom. The van der Waals surface area contributed by atoms with Crippen LogP contribution in [0.2, 0.25) is 0 Å². The number of hydrogen-bond donors (Lipinski definition) is 1. The van der Waals surface area contributed by atoms with Gasteiger partial charge in [-0.1, -0.05) is 0 Å². The molecule has 0 unspecified atom stereocenters. The van der Waals surface area contributed by atoms with Crippen molar-refractivity contribution in [1.29, 1.82) is 0 Å². The number of hydrogen-bond acceptors (Lipinski definition) is 9. The fraction of sp³-hybridized carbons (Fsp3) is 0.625. The van der Waals surface area contributed by atoms with Crippen LogP contribution in [0.25, 0.3) is 11.4 Å². The highest BCUT2D eigenvalue weighted by molar-refractivity contribution is 5.78. The normalized spacial score (nSPS) is 26.7. The first-order chi connectivity index (χ1) is 16.5. The Morgan fingerprint density at radius 2 is 1.94 bits per heavy atom. The molecule has 0 spiro atoms. The average Bonchev–Trinajstić information content (AvgIpc) is 3.33. The Morgan fingerprint density at radius 1 is 1.12 bits per heavy atom. The van der Waals surface area contributed by atoms with Gasteiger partial charge in [-0.15, -0.1) is 0 Å². The number of nitrogen functional groups attached to an aromatic ring is 1. The third-order valence-electron chi connectivity index (χ3n) is 7.12. The van der Waals surface area contributed by atoms with Crippen LogP contribution >= 0.6 is 0 Å². The number of morpholine rings is 1. The van der Waals surface area contributed by atoms with Gasteiger partial charge in [0, 0.05) is 38.3 Å². The smallest absolute Gasteiger partial charge is 0.322 e. The van der Waals surface area contributed by atoms with Crippen molar-refractivity contribution in [2.75, 3.05) is 37.9 Å². The number of fused-ring (bicyclic) bond motifs is 1. The van der Waals surface area contributed by atoms with Gasteiger partial charge in [0.15, 0.2) is 5.82 Å². The third kappa shape index (κ3) is 4.77. The Bertz CT molecular complexity index is 1010. The highest BCUT2D eigenvalue weighted by Gasteiger charge is 2.38. The third-order valence-corrected chi connectivity index (χ3v) is 7.12. The van der Waals surface area contributed by atoms with E-state index in [0.717, 1.165) is 57.1 Å². The van der Waals surface area contributed by atoms with Crippen molar-refractivity contribution >= 4 is 17.7 Å². The molecule has 2 aromatic heterocycles. The Kier molecular flexibility index (Phi) is 6.49. The number of carbonyl (C=O) groups excluding carboxylic acids is 1. The number of amides is 1. The lowest BCUT2D eigenvalue weighted by Crippen LogP contribution is -2.49. The number of rotatable bonds is 5. The minimum absolute atomic E-state index is 0.0252. The van der Waals surface area contributed by atoms with E-state index >= 15 is 0 Å². The molecule has 1 aliphatic heterocycles. The average molecular weight is 468 g/mol. The predicted octanol–water partition coefficient (Wildman–Crippen LogP) is 2.30. The summed E-state index contributed by atoms with van der Waals surface area (Å²) in [7, 11) is 3.62. The van der Waals surface area contributed by atoms with E-state index in [0.29, 0.717) is 30.2 Å². The summed E-state index contributed by atoms with van der Waals surface area (Å²) in [6, 6.07) is 4.19.